The van der Waals surface area contributed by atoms with E-state index in [2.05, 4.69) is 5.32 Å². The molecule has 1 aromatic carbocycles. The third-order valence-electron chi connectivity index (χ3n) is 5.99. The van der Waals surface area contributed by atoms with Gasteiger partial charge in [-0.1, -0.05) is 17.8 Å². The lowest BCUT2D eigenvalue weighted by Crippen LogP contribution is -2.61. The summed E-state index contributed by atoms with van der Waals surface area (Å²) in [6.07, 6.45) is 2.40. The van der Waals surface area contributed by atoms with Crippen LogP contribution in [0.4, 0.5) is 0 Å². The summed E-state index contributed by atoms with van der Waals surface area (Å²) < 4.78 is 10.7. The highest BCUT2D eigenvalue weighted by atomic mass is 32.2. The van der Waals surface area contributed by atoms with E-state index >= 15 is 0 Å². The minimum atomic E-state index is -1.05. The van der Waals surface area contributed by atoms with Crippen molar-refractivity contribution in [2.45, 2.75) is 56.4 Å². The minimum Gasteiger partial charge on any atom is -0.480 e. The van der Waals surface area contributed by atoms with Gasteiger partial charge in [-0.2, -0.15) is 0 Å². The van der Waals surface area contributed by atoms with Gasteiger partial charge in [0.15, 0.2) is 16.6 Å². The Morgan fingerprint density at radius 3 is 2.64 bits per heavy atom. The Morgan fingerprint density at radius 1 is 1.18 bits per heavy atom. The van der Waals surface area contributed by atoms with E-state index in [1.165, 1.54) is 11.9 Å². The molecule has 3 atom stereocenters. The van der Waals surface area contributed by atoms with Crippen molar-refractivity contribution in [2.75, 3.05) is 19.9 Å². The number of hydrazine groups is 1. The zero-order chi connectivity index (χ0) is 23.5. The summed E-state index contributed by atoms with van der Waals surface area (Å²) in [7, 11) is 0. The number of nitrogens with zero attached hydrogens (tertiary/aromatic N) is 2. The van der Waals surface area contributed by atoms with Crippen molar-refractivity contribution >= 4 is 34.7 Å². The fourth-order valence-corrected chi connectivity index (χ4v) is 5.32. The van der Waals surface area contributed by atoms with Crippen LogP contribution in [0.2, 0.25) is 0 Å². The van der Waals surface area contributed by atoms with Crippen molar-refractivity contribution in [3.8, 4) is 11.5 Å². The second-order valence-corrected chi connectivity index (χ2v) is 9.71. The van der Waals surface area contributed by atoms with Gasteiger partial charge < -0.3 is 19.9 Å². The fourth-order valence-electron chi connectivity index (χ4n) is 4.46. The van der Waals surface area contributed by atoms with Gasteiger partial charge in [0.2, 0.25) is 12.7 Å². The molecule has 3 heterocycles. The monoisotopic (exact) mass is 477 g/mol. The Kier molecular flexibility index (Phi) is 7.08. The van der Waals surface area contributed by atoms with Crippen LogP contribution in [0.1, 0.15) is 38.2 Å². The molecule has 2 amide bonds. The maximum absolute atomic E-state index is 13.3. The number of ether oxygens (including phenoxy) is 2. The van der Waals surface area contributed by atoms with Crippen molar-refractivity contribution in [3.63, 3.8) is 0 Å². The van der Waals surface area contributed by atoms with Gasteiger partial charge >= 0.3 is 5.97 Å². The van der Waals surface area contributed by atoms with Gasteiger partial charge in [-0.05, 0) is 49.8 Å². The van der Waals surface area contributed by atoms with Gasteiger partial charge in [0.1, 0.15) is 12.1 Å². The molecule has 2 N–H and O–H groups in total. The van der Waals surface area contributed by atoms with E-state index in [1.807, 2.05) is 6.07 Å². The molecule has 1 aromatic rings. The molecular formula is C22H27N3O7S. The number of amides is 2. The number of carboxylic acid groups (broad SMARTS) is 1. The number of carboxylic acids is 1. The molecular weight excluding hydrogens is 450 g/mol. The Bertz CT molecular complexity index is 956. The van der Waals surface area contributed by atoms with Crippen molar-refractivity contribution in [1.82, 2.24) is 15.3 Å². The van der Waals surface area contributed by atoms with E-state index in [9.17, 15) is 24.3 Å². The lowest BCUT2D eigenvalue weighted by atomic mass is 10.1. The van der Waals surface area contributed by atoms with Gasteiger partial charge in [-0.25, -0.2) is 9.80 Å². The summed E-state index contributed by atoms with van der Waals surface area (Å²) >= 11 is 0.907. The van der Waals surface area contributed by atoms with Crippen molar-refractivity contribution < 1.29 is 33.8 Å². The van der Waals surface area contributed by atoms with Crippen molar-refractivity contribution in [2.24, 2.45) is 0 Å². The number of nitrogens with one attached hydrogen (secondary N) is 1. The van der Waals surface area contributed by atoms with Crippen LogP contribution in [0.3, 0.4) is 0 Å². The molecule has 0 aliphatic carbocycles. The molecule has 3 aliphatic rings. The number of benzene rings is 1. The largest absolute Gasteiger partial charge is 0.480 e. The van der Waals surface area contributed by atoms with Crippen LogP contribution in [-0.4, -0.2) is 75.2 Å². The van der Waals surface area contributed by atoms with Gasteiger partial charge in [0.05, 0.1) is 5.25 Å². The number of thioether (sulfide) groups is 1. The molecule has 0 bridgehead atoms. The molecule has 0 saturated carbocycles. The van der Waals surface area contributed by atoms with Crippen LogP contribution in [-0.2, 0) is 25.6 Å². The van der Waals surface area contributed by atoms with E-state index in [1.54, 1.807) is 17.1 Å². The first-order valence-corrected chi connectivity index (χ1v) is 11.9. The van der Waals surface area contributed by atoms with Gasteiger partial charge in [0.25, 0.3) is 5.91 Å². The molecule has 10 nitrogen and oxygen atoms in total. The number of hydrogen-bond donors (Lipinski definition) is 2. The summed E-state index contributed by atoms with van der Waals surface area (Å²) in [4.78, 5) is 50.0. The Morgan fingerprint density at radius 2 is 1.91 bits per heavy atom. The lowest BCUT2D eigenvalue weighted by molar-refractivity contribution is -0.174. The number of carbonyl (C=O) groups is 4. The summed E-state index contributed by atoms with van der Waals surface area (Å²) in [6.45, 7) is 2.71. The van der Waals surface area contributed by atoms with Gasteiger partial charge in [-0.15, -0.1) is 0 Å². The zero-order valence-corrected chi connectivity index (χ0v) is 19.1. The third kappa shape index (κ3) is 5.25. The summed E-state index contributed by atoms with van der Waals surface area (Å²) in [6, 6.07) is 3.59. The van der Waals surface area contributed by atoms with Crippen LogP contribution in [0.25, 0.3) is 0 Å². The summed E-state index contributed by atoms with van der Waals surface area (Å²) in [5, 5.41) is 14.5. The first kappa shape index (κ1) is 23.4. The van der Waals surface area contributed by atoms with Crippen LogP contribution in [0, 0.1) is 0 Å². The van der Waals surface area contributed by atoms with E-state index in [0.29, 0.717) is 50.3 Å². The van der Waals surface area contributed by atoms with Gasteiger partial charge in [0, 0.05) is 20.0 Å². The third-order valence-corrected chi connectivity index (χ3v) is 6.98. The average molecular weight is 478 g/mol. The normalized spacial score (nSPS) is 23.4. The second kappa shape index (κ2) is 10.0. The molecule has 33 heavy (non-hydrogen) atoms. The maximum atomic E-state index is 13.3. The second-order valence-electron chi connectivity index (χ2n) is 8.33. The number of rotatable bonds is 6. The predicted octanol–water partition coefficient (Wildman–Crippen LogP) is 1.18. The van der Waals surface area contributed by atoms with Crippen LogP contribution >= 0.6 is 11.8 Å². The quantitative estimate of drug-likeness (QED) is 0.621. The van der Waals surface area contributed by atoms with Crippen LogP contribution in [0.15, 0.2) is 18.2 Å². The smallest absolute Gasteiger partial charge is 0.328 e. The molecule has 1 unspecified atom stereocenters. The van der Waals surface area contributed by atoms with Gasteiger partial charge in [-0.3, -0.25) is 19.4 Å². The zero-order valence-electron chi connectivity index (χ0n) is 18.3. The molecule has 0 radical (unpaired) electrons. The predicted molar refractivity (Wildman–Crippen MR) is 119 cm³/mol. The molecule has 4 rings (SSSR count). The van der Waals surface area contributed by atoms with E-state index in [4.69, 9.17) is 9.47 Å². The molecule has 178 valence electrons. The number of aliphatic carboxylic acids is 1. The Hall–Kier alpha value is -2.79. The molecule has 2 saturated heterocycles. The SMILES string of the molecule is CC(=O)S[C@@H](Cc1ccc2c(c1)OCO2)C(=O)NC1CCCN2CCC[C@@H](C(=O)O)N2C1=O. The van der Waals surface area contributed by atoms with Crippen molar-refractivity contribution in [3.05, 3.63) is 23.8 Å². The summed E-state index contributed by atoms with van der Waals surface area (Å²) in [5.41, 5.74) is 0.800. The minimum absolute atomic E-state index is 0.138. The highest BCUT2D eigenvalue weighted by molar-refractivity contribution is 8.14. The van der Waals surface area contributed by atoms with E-state index < -0.39 is 35.1 Å². The highest BCUT2D eigenvalue weighted by Gasteiger charge is 2.42. The first-order chi connectivity index (χ1) is 15.8. The summed E-state index contributed by atoms with van der Waals surface area (Å²) in [5.74, 6) is -0.676. The number of hydrogen-bond acceptors (Lipinski definition) is 8. The van der Waals surface area contributed by atoms with E-state index in [-0.39, 0.29) is 18.3 Å². The standard InChI is InChI=1S/C22H27N3O7S/c1-13(26)33-19(11-14-6-7-17-18(10-14)32-12-31-17)20(27)23-15-4-2-8-24-9-3-5-16(22(29)30)25(24)21(15)28/h6-7,10,15-16,19H,2-5,8-9,11-12H2,1H3,(H,23,27)(H,29,30)/t15?,16-,19-/m0/s1. The number of carbonyl (C=O) groups excluding carboxylic acids is 3. The Labute approximate surface area is 195 Å². The molecule has 3 aliphatic heterocycles. The topological polar surface area (TPSA) is 125 Å². The maximum Gasteiger partial charge on any atom is 0.328 e. The fraction of sp³-hybridized carbons (Fsp3) is 0.545. The molecule has 11 heteroatoms. The van der Waals surface area contributed by atoms with Crippen molar-refractivity contribution in [1.29, 1.82) is 0 Å². The number of fused-ring (bicyclic) bond motifs is 2. The lowest BCUT2D eigenvalue weighted by Gasteiger charge is -2.42. The van der Waals surface area contributed by atoms with Crippen LogP contribution < -0.4 is 14.8 Å². The van der Waals surface area contributed by atoms with E-state index in [0.717, 1.165) is 17.3 Å². The molecule has 0 aromatic heterocycles. The molecule has 0 spiro atoms. The molecule has 2 fully saturated rings. The first-order valence-electron chi connectivity index (χ1n) is 11.0. The highest BCUT2D eigenvalue weighted by Crippen LogP contribution is 2.33. The van der Waals surface area contributed by atoms with Crippen LogP contribution in [0.5, 0.6) is 11.5 Å². The average Bonchev–Trinajstić information content (AvgIpc) is 3.18. The Balaban J connectivity index is 1.49.